The zero-order valence-electron chi connectivity index (χ0n) is 10.9. The molecule has 1 aliphatic heterocycles. The number of halogens is 2. The molecule has 1 fully saturated rings. The van der Waals surface area contributed by atoms with Gasteiger partial charge in [0.1, 0.15) is 11.6 Å². The van der Waals surface area contributed by atoms with E-state index in [1.54, 1.807) is 0 Å². The summed E-state index contributed by atoms with van der Waals surface area (Å²) in [6, 6.07) is 3.21. The van der Waals surface area contributed by atoms with Gasteiger partial charge in [-0.25, -0.2) is 13.6 Å². The second-order valence-corrected chi connectivity index (χ2v) is 4.88. The van der Waals surface area contributed by atoms with E-state index in [4.69, 9.17) is 5.11 Å². The van der Waals surface area contributed by atoms with E-state index < -0.39 is 17.7 Å². The number of carboxylic acid groups (broad SMARTS) is 1. The molecule has 0 bridgehead atoms. The lowest BCUT2D eigenvalue weighted by atomic mass is 9.94. The zero-order chi connectivity index (χ0) is 14.5. The SMILES string of the molecule is O=C(O)N1CCC(CC#Cc2cc(F)cc(F)c2)CC1. The normalized spacial score (nSPS) is 15.6. The minimum Gasteiger partial charge on any atom is -0.465 e. The van der Waals surface area contributed by atoms with Gasteiger partial charge < -0.3 is 10.0 Å². The van der Waals surface area contributed by atoms with Crippen LogP contribution in [0.5, 0.6) is 0 Å². The first-order valence-electron chi connectivity index (χ1n) is 6.47. The molecule has 1 amide bonds. The highest BCUT2D eigenvalue weighted by Gasteiger charge is 2.21. The first kappa shape index (κ1) is 14.3. The monoisotopic (exact) mass is 279 g/mol. The number of hydrogen-bond acceptors (Lipinski definition) is 1. The lowest BCUT2D eigenvalue weighted by Crippen LogP contribution is -2.37. The van der Waals surface area contributed by atoms with E-state index >= 15 is 0 Å². The van der Waals surface area contributed by atoms with Crippen molar-refractivity contribution in [3.05, 3.63) is 35.4 Å². The second-order valence-electron chi connectivity index (χ2n) is 4.88. The minimum atomic E-state index is -0.884. The van der Waals surface area contributed by atoms with E-state index in [1.807, 2.05) is 0 Å². The van der Waals surface area contributed by atoms with E-state index in [0.717, 1.165) is 18.9 Å². The Bertz CT molecular complexity index is 534. The number of carbonyl (C=O) groups is 1. The third-order valence-corrected chi connectivity index (χ3v) is 3.37. The van der Waals surface area contributed by atoms with Crippen LogP contribution < -0.4 is 0 Å². The van der Waals surface area contributed by atoms with Crippen LogP contribution in [-0.2, 0) is 0 Å². The van der Waals surface area contributed by atoms with Crippen molar-refractivity contribution < 1.29 is 18.7 Å². The standard InChI is InChI=1S/C15H15F2NO2/c16-13-8-12(9-14(17)10-13)3-1-2-11-4-6-18(7-5-11)15(19)20/h8-11H,2,4-7H2,(H,19,20). The van der Waals surface area contributed by atoms with Crippen LogP contribution in [0, 0.1) is 29.4 Å². The molecule has 3 nitrogen and oxygen atoms in total. The summed E-state index contributed by atoms with van der Waals surface area (Å²) in [5.74, 6) is 4.74. The highest BCUT2D eigenvalue weighted by Crippen LogP contribution is 2.20. The highest BCUT2D eigenvalue weighted by atomic mass is 19.1. The van der Waals surface area contributed by atoms with Crippen molar-refractivity contribution in [2.75, 3.05) is 13.1 Å². The maximum absolute atomic E-state index is 13.0. The van der Waals surface area contributed by atoms with Gasteiger partial charge in [0, 0.05) is 31.1 Å². The molecule has 0 aromatic heterocycles. The molecule has 0 spiro atoms. The molecule has 1 aliphatic rings. The van der Waals surface area contributed by atoms with E-state index in [1.165, 1.54) is 17.0 Å². The lowest BCUT2D eigenvalue weighted by Gasteiger charge is -2.28. The summed E-state index contributed by atoms with van der Waals surface area (Å²) >= 11 is 0. The molecular formula is C15H15F2NO2. The van der Waals surface area contributed by atoms with Gasteiger partial charge in [0.15, 0.2) is 0 Å². The van der Waals surface area contributed by atoms with Crippen molar-refractivity contribution in [3.8, 4) is 11.8 Å². The summed E-state index contributed by atoms with van der Waals surface area (Å²) in [5, 5.41) is 8.83. The van der Waals surface area contributed by atoms with Gasteiger partial charge >= 0.3 is 6.09 Å². The summed E-state index contributed by atoms with van der Waals surface area (Å²) in [4.78, 5) is 12.1. The van der Waals surface area contributed by atoms with Gasteiger partial charge in [-0.1, -0.05) is 11.8 Å². The van der Waals surface area contributed by atoms with Crippen molar-refractivity contribution in [2.45, 2.75) is 19.3 Å². The fourth-order valence-corrected chi connectivity index (χ4v) is 2.25. The molecule has 0 unspecified atom stereocenters. The average Bonchev–Trinajstić information content (AvgIpc) is 2.38. The molecular weight excluding hydrogens is 264 g/mol. The van der Waals surface area contributed by atoms with Gasteiger partial charge in [0.25, 0.3) is 0 Å². The molecule has 106 valence electrons. The largest absolute Gasteiger partial charge is 0.465 e. The quantitative estimate of drug-likeness (QED) is 0.802. The topological polar surface area (TPSA) is 40.5 Å². The van der Waals surface area contributed by atoms with Crippen LogP contribution in [0.2, 0.25) is 0 Å². The summed E-state index contributed by atoms with van der Waals surface area (Å²) in [5.41, 5.74) is 0.325. The maximum Gasteiger partial charge on any atom is 0.407 e. The van der Waals surface area contributed by atoms with Crippen molar-refractivity contribution in [1.29, 1.82) is 0 Å². The van der Waals surface area contributed by atoms with Gasteiger partial charge in [-0.2, -0.15) is 0 Å². The molecule has 0 atom stereocenters. The average molecular weight is 279 g/mol. The smallest absolute Gasteiger partial charge is 0.407 e. The number of rotatable bonds is 1. The fraction of sp³-hybridized carbons (Fsp3) is 0.400. The lowest BCUT2D eigenvalue weighted by molar-refractivity contribution is 0.125. The molecule has 1 heterocycles. The zero-order valence-corrected chi connectivity index (χ0v) is 10.9. The molecule has 1 aromatic carbocycles. The van der Waals surface area contributed by atoms with Crippen LogP contribution in [0.3, 0.4) is 0 Å². The molecule has 1 N–H and O–H groups in total. The van der Waals surface area contributed by atoms with E-state index in [9.17, 15) is 13.6 Å². The van der Waals surface area contributed by atoms with Gasteiger partial charge in [-0.15, -0.1) is 0 Å². The molecule has 0 radical (unpaired) electrons. The van der Waals surface area contributed by atoms with Crippen LogP contribution in [0.25, 0.3) is 0 Å². The van der Waals surface area contributed by atoms with Gasteiger partial charge in [0.2, 0.25) is 0 Å². The molecule has 2 rings (SSSR count). The van der Waals surface area contributed by atoms with Gasteiger partial charge in [0.05, 0.1) is 0 Å². The third-order valence-electron chi connectivity index (χ3n) is 3.37. The van der Waals surface area contributed by atoms with Gasteiger partial charge in [-0.05, 0) is 30.9 Å². The molecule has 5 heteroatoms. The Hall–Kier alpha value is -2.09. The minimum absolute atomic E-state index is 0.325. The van der Waals surface area contributed by atoms with Crippen LogP contribution in [0.4, 0.5) is 13.6 Å². The molecule has 0 aliphatic carbocycles. The molecule has 20 heavy (non-hydrogen) atoms. The number of amides is 1. The van der Waals surface area contributed by atoms with Crippen LogP contribution in [0.1, 0.15) is 24.8 Å². The first-order valence-corrected chi connectivity index (χ1v) is 6.47. The Morgan fingerprint density at radius 1 is 1.25 bits per heavy atom. The van der Waals surface area contributed by atoms with Crippen molar-refractivity contribution in [3.63, 3.8) is 0 Å². The predicted molar refractivity (Wildman–Crippen MR) is 70.2 cm³/mol. The Balaban J connectivity index is 1.87. The second kappa shape index (κ2) is 6.38. The summed E-state index contributed by atoms with van der Waals surface area (Å²) in [6.07, 6.45) is 1.28. The Morgan fingerprint density at radius 2 is 1.85 bits per heavy atom. The number of piperidine rings is 1. The highest BCUT2D eigenvalue weighted by molar-refractivity contribution is 5.64. The van der Waals surface area contributed by atoms with Crippen molar-refractivity contribution in [2.24, 2.45) is 5.92 Å². The Labute approximate surface area is 116 Å². The third kappa shape index (κ3) is 3.95. The van der Waals surface area contributed by atoms with Crippen LogP contribution >= 0.6 is 0 Å². The number of benzene rings is 1. The maximum atomic E-state index is 13.0. The summed E-state index contributed by atoms with van der Waals surface area (Å²) in [7, 11) is 0. The van der Waals surface area contributed by atoms with Crippen molar-refractivity contribution in [1.82, 2.24) is 4.90 Å². The molecule has 1 aromatic rings. The van der Waals surface area contributed by atoms with E-state index in [-0.39, 0.29) is 0 Å². The van der Waals surface area contributed by atoms with Crippen LogP contribution in [-0.4, -0.2) is 29.2 Å². The predicted octanol–water partition coefficient (Wildman–Crippen LogP) is 3.10. The van der Waals surface area contributed by atoms with Crippen LogP contribution in [0.15, 0.2) is 18.2 Å². The fourth-order valence-electron chi connectivity index (χ4n) is 2.25. The number of nitrogens with zero attached hydrogens (tertiary/aromatic N) is 1. The summed E-state index contributed by atoms with van der Waals surface area (Å²) in [6.45, 7) is 1.05. The first-order chi connectivity index (χ1) is 9.54. The molecule has 0 saturated carbocycles. The number of hydrogen-bond donors (Lipinski definition) is 1. The summed E-state index contributed by atoms with van der Waals surface area (Å²) < 4.78 is 25.9. The van der Waals surface area contributed by atoms with Crippen molar-refractivity contribution >= 4 is 6.09 Å². The van der Waals surface area contributed by atoms with Gasteiger partial charge in [-0.3, -0.25) is 0 Å². The number of likely N-dealkylation sites (tertiary alicyclic amines) is 1. The van der Waals surface area contributed by atoms with E-state index in [2.05, 4.69) is 11.8 Å². The van der Waals surface area contributed by atoms with E-state index in [0.29, 0.717) is 31.0 Å². The Morgan fingerprint density at radius 3 is 2.40 bits per heavy atom. The Kier molecular flexibility index (Phi) is 4.57. The molecule has 1 saturated heterocycles.